The molecule has 0 spiro atoms. The van der Waals surface area contributed by atoms with Gasteiger partial charge in [-0.2, -0.15) is 5.26 Å². The number of ether oxygens (including phenoxy) is 2. The molecule has 156 valence electrons. The van der Waals surface area contributed by atoms with Crippen molar-refractivity contribution >= 4 is 46.3 Å². The largest absolute Gasteiger partial charge is 0.348 e. The van der Waals surface area contributed by atoms with Crippen LogP contribution in [0.5, 0.6) is 0 Å². The van der Waals surface area contributed by atoms with E-state index in [0.717, 1.165) is 16.3 Å². The van der Waals surface area contributed by atoms with Gasteiger partial charge in [0, 0.05) is 31.8 Å². The maximum absolute atomic E-state index is 9.43. The first-order valence-electron chi connectivity index (χ1n) is 8.90. The van der Waals surface area contributed by atoms with Gasteiger partial charge in [-0.15, -0.1) is 11.3 Å². The van der Waals surface area contributed by atoms with Gasteiger partial charge in [0.25, 0.3) is 0 Å². The van der Waals surface area contributed by atoms with E-state index in [4.69, 9.17) is 37.7 Å². The lowest BCUT2D eigenvalue weighted by atomic mass is 10.1. The van der Waals surface area contributed by atoms with Crippen LogP contribution in [0.3, 0.4) is 0 Å². The van der Waals surface area contributed by atoms with Crippen LogP contribution in [0.4, 0.5) is 0 Å². The summed E-state index contributed by atoms with van der Waals surface area (Å²) in [5.74, 6) is -0.378. The summed E-state index contributed by atoms with van der Waals surface area (Å²) in [6, 6.07) is 11.3. The van der Waals surface area contributed by atoms with Gasteiger partial charge in [0.2, 0.25) is 5.79 Å². The lowest BCUT2D eigenvalue weighted by Gasteiger charge is -2.26. The van der Waals surface area contributed by atoms with Crippen LogP contribution in [0, 0.1) is 11.3 Å². The van der Waals surface area contributed by atoms with Crippen molar-refractivity contribution in [2.75, 3.05) is 14.2 Å². The summed E-state index contributed by atoms with van der Waals surface area (Å²) in [6.45, 7) is 1.78. The number of pyridine rings is 1. The molecule has 0 amide bonds. The highest BCUT2D eigenvalue weighted by atomic mass is 35.5. The third kappa shape index (κ3) is 5.33. The summed E-state index contributed by atoms with van der Waals surface area (Å²) < 4.78 is 10.9. The number of hydrogen-bond donors (Lipinski definition) is 0. The van der Waals surface area contributed by atoms with Gasteiger partial charge in [-0.3, -0.25) is 0 Å². The van der Waals surface area contributed by atoms with Crippen LogP contribution in [-0.4, -0.2) is 24.2 Å². The molecule has 2 aromatic heterocycles. The maximum atomic E-state index is 9.43. The molecule has 3 aromatic rings. The summed E-state index contributed by atoms with van der Waals surface area (Å²) >= 11 is 15.1. The lowest BCUT2D eigenvalue weighted by molar-refractivity contribution is -0.204. The molecule has 2 heterocycles. The third-order valence-corrected chi connectivity index (χ3v) is 7.18. The minimum Gasteiger partial charge on any atom is -0.348 e. The Hall–Kier alpha value is -1.66. The molecule has 0 saturated heterocycles. The topological polar surface area (TPSA) is 68.0 Å². The van der Waals surface area contributed by atoms with Gasteiger partial charge < -0.3 is 9.47 Å². The molecule has 0 fully saturated rings. The monoisotopic (exact) mass is 479 g/mol. The Morgan fingerprint density at radius 1 is 1.13 bits per heavy atom. The molecule has 0 bridgehead atoms. The summed E-state index contributed by atoms with van der Waals surface area (Å²) in [7, 11) is 3.11. The van der Waals surface area contributed by atoms with Crippen molar-refractivity contribution in [1.29, 1.82) is 5.26 Å². The lowest BCUT2D eigenvalue weighted by Crippen LogP contribution is -2.28. The van der Waals surface area contributed by atoms with E-state index in [-0.39, 0.29) is 0 Å². The normalized spacial score (nSPS) is 11.5. The molecule has 0 atom stereocenters. The first-order chi connectivity index (χ1) is 14.4. The molecule has 0 unspecified atom stereocenters. The number of nitrogens with zero attached hydrogens (tertiary/aromatic N) is 3. The predicted octanol–water partition coefficient (Wildman–Crippen LogP) is 6.07. The van der Waals surface area contributed by atoms with Gasteiger partial charge in [0.05, 0.1) is 26.3 Å². The second-order valence-electron chi connectivity index (χ2n) is 6.46. The Bertz CT molecular complexity index is 1080. The summed E-state index contributed by atoms with van der Waals surface area (Å²) in [4.78, 5) is 9.30. The van der Waals surface area contributed by atoms with E-state index in [1.165, 1.54) is 11.8 Å². The van der Waals surface area contributed by atoms with Gasteiger partial charge >= 0.3 is 0 Å². The minimum absolute atomic E-state index is 0.504. The van der Waals surface area contributed by atoms with Crippen LogP contribution in [-0.2, 0) is 27.4 Å². The van der Waals surface area contributed by atoms with E-state index in [0.29, 0.717) is 38.5 Å². The zero-order chi connectivity index (χ0) is 21.7. The first kappa shape index (κ1) is 23.0. The maximum Gasteiger partial charge on any atom is 0.208 e. The van der Waals surface area contributed by atoms with Crippen LogP contribution in [0.2, 0.25) is 10.0 Å². The second kappa shape index (κ2) is 10.1. The number of methoxy groups -OCH3 is 2. The molecule has 1 aromatic carbocycles. The van der Waals surface area contributed by atoms with Gasteiger partial charge in [0.1, 0.15) is 16.8 Å². The molecule has 5 nitrogen and oxygen atoms in total. The van der Waals surface area contributed by atoms with E-state index in [9.17, 15) is 5.26 Å². The van der Waals surface area contributed by atoms with Crippen molar-refractivity contribution in [3.63, 3.8) is 0 Å². The summed E-state index contributed by atoms with van der Waals surface area (Å²) in [5.41, 5.74) is 3.09. The van der Waals surface area contributed by atoms with Crippen molar-refractivity contribution < 1.29 is 9.47 Å². The number of halogens is 2. The molecule has 3 rings (SSSR count). The van der Waals surface area contributed by atoms with E-state index in [2.05, 4.69) is 11.1 Å². The molecule has 0 saturated carbocycles. The molecule has 30 heavy (non-hydrogen) atoms. The fourth-order valence-electron chi connectivity index (χ4n) is 2.64. The van der Waals surface area contributed by atoms with E-state index in [1.54, 1.807) is 50.7 Å². The highest BCUT2D eigenvalue weighted by Crippen LogP contribution is 2.30. The fourth-order valence-corrected chi connectivity index (χ4v) is 4.76. The van der Waals surface area contributed by atoms with Crippen LogP contribution in [0.15, 0.2) is 40.7 Å². The Kier molecular flexibility index (Phi) is 7.75. The molecule has 0 aliphatic carbocycles. The summed E-state index contributed by atoms with van der Waals surface area (Å²) in [6.07, 6.45) is 0.684. The minimum atomic E-state index is -0.975. The number of thiazole rings is 1. The molecular formula is C21H19Cl2N3O2S2. The van der Waals surface area contributed by atoms with Gasteiger partial charge in [0.15, 0.2) is 0 Å². The average molecular weight is 480 g/mol. The van der Waals surface area contributed by atoms with E-state index >= 15 is 0 Å². The Labute approximate surface area is 194 Å². The molecular weight excluding hydrogens is 461 g/mol. The molecule has 0 aliphatic heterocycles. The van der Waals surface area contributed by atoms with Crippen LogP contribution in [0.1, 0.15) is 34.4 Å². The van der Waals surface area contributed by atoms with Crippen molar-refractivity contribution in [3.05, 3.63) is 73.3 Å². The van der Waals surface area contributed by atoms with Crippen LogP contribution >= 0.6 is 46.3 Å². The number of thioether (sulfide) groups is 1. The van der Waals surface area contributed by atoms with Gasteiger partial charge in [-0.1, -0.05) is 41.0 Å². The van der Waals surface area contributed by atoms with Gasteiger partial charge in [-0.25, -0.2) is 9.97 Å². The van der Waals surface area contributed by atoms with Crippen molar-refractivity contribution in [2.24, 2.45) is 0 Å². The second-order valence-corrected chi connectivity index (χ2v) is 9.18. The molecule has 0 aliphatic rings. The van der Waals surface area contributed by atoms with E-state index < -0.39 is 5.79 Å². The molecule has 9 heteroatoms. The molecule has 0 radical (unpaired) electrons. The number of benzene rings is 1. The van der Waals surface area contributed by atoms with Crippen molar-refractivity contribution in [1.82, 2.24) is 9.97 Å². The van der Waals surface area contributed by atoms with Crippen molar-refractivity contribution in [3.8, 4) is 6.07 Å². The smallest absolute Gasteiger partial charge is 0.208 e. The fraction of sp³-hybridized carbons (Fsp3) is 0.286. The SMILES string of the molecule is COC(C)(OC)c1ccc(C#N)c(SCc2csc(Cc3ccc(Cl)c(Cl)c3)n2)n1. The zero-order valence-corrected chi connectivity index (χ0v) is 19.8. The quantitative estimate of drug-likeness (QED) is 0.288. The number of rotatable bonds is 8. The summed E-state index contributed by atoms with van der Waals surface area (Å²) in [5, 5.41) is 14.1. The number of hydrogen-bond acceptors (Lipinski definition) is 7. The standard InChI is InChI=1S/C21H19Cl2N3O2S2/c1-21(27-2,28-3)18-7-5-14(10-24)20(26-18)30-12-15-11-29-19(25-15)9-13-4-6-16(22)17(23)8-13/h4-8,11H,9,12H2,1-3H3. The van der Waals surface area contributed by atoms with Crippen LogP contribution in [0.25, 0.3) is 0 Å². The Morgan fingerprint density at radius 3 is 2.57 bits per heavy atom. The number of aromatic nitrogens is 2. The predicted molar refractivity (Wildman–Crippen MR) is 121 cm³/mol. The highest BCUT2D eigenvalue weighted by molar-refractivity contribution is 7.98. The van der Waals surface area contributed by atoms with Crippen LogP contribution < -0.4 is 0 Å². The Balaban J connectivity index is 1.72. The first-order valence-corrected chi connectivity index (χ1v) is 11.5. The van der Waals surface area contributed by atoms with Gasteiger partial charge in [-0.05, 0) is 36.8 Å². The van der Waals surface area contributed by atoms with Crippen molar-refractivity contribution in [2.45, 2.75) is 29.9 Å². The number of nitriles is 1. The highest BCUT2D eigenvalue weighted by Gasteiger charge is 2.28. The third-order valence-electron chi connectivity index (χ3n) is 4.52. The molecule has 0 N–H and O–H groups in total. The van der Waals surface area contributed by atoms with E-state index in [1.807, 2.05) is 17.5 Å². The average Bonchev–Trinajstić information content (AvgIpc) is 3.21. The zero-order valence-electron chi connectivity index (χ0n) is 16.6. The Morgan fingerprint density at radius 2 is 1.90 bits per heavy atom.